The molecular formula is C33H42N6O4. The second-order valence-electron chi connectivity index (χ2n) is 11.2. The summed E-state index contributed by atoms with van der Waals surface area (Å²) in [6, 6.07) is 14.0. The quantitative estimate of drug-likeness (QED) is 0.229. The topological polar surface area (TPSA) is 109 Å². The monoisotopic (exact) mass is 586 g/mol. The number of anilines is 2. The SMILES string of the molecule is CCOC(=O)CN1CCN(CC=CC(=O)Nc2cc3c(N[C@H](C)c4ccccc4)ncnc3cc2OC2CCCC2)CC1. The van der Waals surface area contributed by atoms with E-state index in [1.54, 1.807) is 12.4 Å². The highest BCUT2D eigenvalue weighted by Crippen LogP contribution is 2.36. The Bertz CT molecular complexity index is 1400. The van der Waals surface area contributed by atoms with Gasteiger partial charge in [0.1, 0.15) is 17.9 Å². The molecule has 1 aliphatic carbocycles. The van der Waals surface area contributed by atoms with Crippen molar-refractivity contribution in [3.05, 3.63) is 66.5 Å². The highest BCUT2D eigenvalue weighted by atomic mass is 16.5. The zero-order valence-corrected chi connectivity index (χ0v) is 25.1. The first kappa shape index (κ1) is 30.4. The molecule has 3 aromatic rings. The molecular weight excluding hydrogens is 544 g/mol. The van der Waals surface area contributed by atoms with E-state index in [9.17, 15) is 9.59 Å². The summed E-state index contributed by atoms with van der Waals surface area (Å²) >= 11 is 0. The van der Waals surface area contributed by atoms with E-state index in [1.165, 1.54) is 0 Å². The first-order chi connectivity index (χ1) is 21.0. The van der Waals surface area contributed by atoms with Crippen molar-refractivity contribution >= 4 is 34.3 Å². The summed E-state index contributed by atoms with van der Waals surface area (Å²) in [7, 11) is 0. The number of hydrogen-bond acceptors (Lipinski definition) is 9. The fourth-order valence-electron chi connectivity index (χ4n) is 5.61. The van der Waals surface area contributed by atoms with Crippen LogP contribution in [0.4, 0.5) is 11.5 Å². The van der Waals surface area contributed by atoms with Crippen LogP contribution in [0.1, 0.15) is 51.1 Å². The second-order valence-corrected chi connectivity index (χ2v) is 11.2. The third kappa shape index (κ3) is 8.52. The molecule has 228 valence electrons. The van der Waals surface area contributed by atoms with E-state index < -0.39 is 0 Å². The normalized spacial score (nSPS) is 17.3. The van der Waals surface area contributed by atoms with E-state index in [2.05, 4.69) is 49.5 Å². The number of esters is 1. The Morgan fingerprint density at radius 2 is 1.79 bits per heavy atom. The Kier molecular flexibility index (Phi) is 10.6. The number of hydrogen-bond donors (Lipinski definition) is 2. The van der Waals surface area contributed by atoms with Crippen LogP contribution in [0.15, 0.2) is 60.9 Å². The maximum Gasteiger partial charge on any atom is 0.320 e. The molecule has 10 nitrogen and oxygen atoms in total. The number of piperazine rings is 1. The molecule has 5 rings (SSSR count). The van der Waals surface area contributed by atoms with Crippen molar-refractivity contribution in [1.29, 1.82) is 0 Å². The lowest BCUT2D eigenvalue weighted by molar-refractivity contribution is -0.144. The van der Waals surface area contributed by atoms with Gasteiger partial charge in [-0.25, -0.2) is 9.97 Å². The Hall–Kier alpha value is -4.02. The van der Waals surface area contributed by atoms with Crippen molar-refractivity contribution in [1.82, 2.24) is 19.8 Å². The summed E-state index contributed by atoms with van der Waals surface area (Å²) in [6.45, 7) is 8.52. The van der Waals surface area contributed by atoms with E-state index in [4.69, 9.17) is 9.47 Å². The summed E-state index contributed by atoms with van der Waals surface area (Å²) in [5.41, 5.74) is 2.50. The lowest BCUT2D eigenvalue weighted by Crippen LogP contribution is -2.48. The molecule has 10 heteroatoms. The van der Waals surface area contributed by atoms with Crippen LogP contribution in [-0.4, -0.2) is 83.6 Å². The van der Waals surface area contributed by atoms with Crippen molar-refractivity contribution in [3.8, 4) is 5.75 Å². The average Bonchev–Trinajstić information content (AvgIpc) is 3.52. The van der Waals surface area contributed by atoms with Crippen LogP contribution in [0.25, 0.3) is 10.9 Å². The zero-order valence-electron chi connectivity index (χ0n) is 25.1. The van der Waals surface area contributed by atoms with Crippen LogP contribution in [0.3, 0.4) is 0 Å². The number of aromatic nitrogens is 2. The van der Waals surface area contributed by atoms with E-state index in [-0.39, 0.29) is 24.0 Å². The summed E-state index contributed by atoms with van der Waals surface area (Å²) in [5.74, 6) is 0.916. The minimum absolute atomic E-state index is 0.0294. The van der Waals surface area contributed by atoms with E-state index in [0.29, 0.717) is 37.0 Å². The molecule has 0 unspecified atom stereocenters. The van der Waals surface area contributed by atoms with Crippen molar-refractivity contribution in [3.63, 3.8) is 0 Å². The number of benzene rings is 2. The highest BCUT2D eigenvalue weighted by molar-refractivity contribution is 6.03. The number of ether oxygens (including phenoxy) is 2. The highest BCUT2D eigenvalue weighted by Gasteiger charge is 2.21. The third-order valence-corrected chi connectivity index (χ3v) is 8.00. The fourth-order valence-corrected chi connectivity index (χ4v) is 5.61. The Morgan fingerprint density at radius 1 is 1.05 bits per heavy atom. The lowest BCUT2D eigenvalue weighted by atomic mass is 10.1. The maximum atomic E-state index is 13.1. The Labute approximate surface area is 253 Å². The summed E-state index contributed by atoms with van der Waals surface area (Å²) in [5, 5.41) is 7.38. The van der Waals surface area contributed by atoms with Gasteiger partial charge < -0.3 is 20.1 Å². The van der Waals surface area contributed by atoms with Crippen LogP contribution >= 0.6 is 0 Å². The molecule has 1 atom stereocenters. The molecule has 1 saturated carbocycles. The molecule has 1 aliphatic heterocycles. The van der Waals surface area contributed by atoms with Gasteiger partial charge >= 0.3 is 5.97 Å². The van der Waals surface area contributed by atoms with Gasteiger partial charge in [0.05, 0.1) is 30.5 Å². The largest absolute Gasteiger partial charge is 0.488 e. The minimum Gasteiger partial charge on any atom is -0.488 e. The van der Waals surface area contributed by atoms with Gasteiger partial charge in [-0.2, -0.15) is 0 Å². The third-order valence-electron chi connectivity index (χ3n) is 8.00. The lowest BCUT2D eigenvalue weighted by Gasteiger charge is -2.33. The van der Waals surface area contributed by atoms with Crippen molar-refractivity contribution < 1.29 is 19.1 Å². The molecule has 2 N–H and O–H groups in total. The van der Waals surface area contributed by atoms with Gasteiger partial charge in [0.25, 0.3) is 0 Å². The minimum atomic E-state index is -0.222. The molecule has 2 fully saturated rings. The van der Waals surface area contributed by atoms with Crippen LogP contribution in [0, 0.1) is 0 Å². The molecule has 2 aliphatic rings. The van der Waals surface area contributed by atoms with Crippen molar-refractivity contribution in [2.75, 3.05) is 56.5 Å². The molecule has 0 spiro atoms. The summed E-state index contributed by atoms with van der Waals surface area (Å²) in [6.07, 6.45) is 9.44. The molecule has 1 saturated heterocycles. The average molecular weight is 587 g/mol. The van der Waals surface area contributed by atoms with Crippen molar-refractivity contribution in [2.45, 2.75) is 51.7 Å². The molecule has 0 bridgehead atoms. The van der Waals surface area contributed by atoms with Crippen molar-refractivity contribution in [2.24, 2.45) is 0 Å². The molecule has 43 heavy (non-hydrogen) atoms. The smallest absolute Gasteiger partial charge is 0.320 e. The first-order valence-corrected chi connectivity index (χ1v) is 15.3. The van der Waals surface area contributed by atoms with Gasteiger partial charge in [-0.05, 0) is 51.2 Å². The van der Waals surface area contributed by atoms with Crippen LogP contribution < -0.4 is 15.4 Å². The maximum absolute atomic E-state index is 13.1. The predicted molar refractivity (Wildman–Crippen MR) is 168 cm³/mol. The van der Waals surface area contributed by atoms with Gasteiger partial charge in [-0.15, -0.1) is 0 Å². The standard InChI is InChI=1S/C33H42N6O4/c1-3-42-32(41)22-39-18-16-38(17-19-39)15-9-14-31(40)37-29-20-27-28(21-30(29)43-26-12-7-8-13-26)34-23-35-33(27)36-24(2)25-10-5-4-6-11-25/h4-6,9-11,14,20-21,23-24,26H,3,7-8,12-13,15-19,22H2,1-2H3,(H,37,40)(H,34,35,36)/t24-/m1/s1. The number of fused-ring (bicyclic) bond motifs is 1. The second kappa shape index (κ2) is 14.9. The number of rotatable bonds is 12. The molecule has 2 heterocycles. The van der Waals surface area contributed by atoms with E-state index >= 15 is 0 Å². The Balaban J connectivity index is 1.26. The number of carbonyl (C=O) groups is 2. The zero-order chi connectivity index (χ0) is 30.0. The molecule has 1 aromatic heterocycles. The van der Waals surface area contributed by atoms with Gasteiger partial charge in [-0.3, -0.25) is 19.4 Å². The molecule has 2 aromatic carbocycles. The number of nitrogens with one attached hydrogen (secondary N) is 2. The summed E-state index contributed by atoms with van der Waals surface area (Å²) in [4.78, 5) is 38.3. The number of nitrogens with zero attached hydrogens (tertiary/aromatic N) is 4. The van der Waals surface area contributed by atoms with E-state index in [0.717, 1.165) is 68.3 Å². The van der Waals surface area contributed by atoms with Crippen LogP contribution in [0.5, 0.6) is 5.75 Å². The van der Waals surface area contributed by atoms with Gasteiger partial charge in [0, 0.05) is 56.3 Å². The fraction of sp³-hybridized carbons (Fsp3) is 0.455. The molecule has 0 radical (unpaired) electrons. The van der Waals surface area contributed by atoms with Gasteiger partial charge in [-0.1, -0.05) is 36.4 Å². The van der Waals surface area contributed by atoms with Crippen LogP contribution in [0.2, 0.25) is 0 Å². The predicted octanol–water partition coefficient (Wildman–Crippen LogP) is 4.80. The summed E-state index contributed by atoms with van der Waals surface area (Å²) < 4.78 is 11.4. The number of amides is 1. The van der Waals surface area contributed by atoms with Gasteiger partial charge in [0.15, 0.2) is 0 Å². The number of carbonyl (C=O) groups excluding carboxylic acids is 2. The van der Waals surface area contributed by atoms with E-state index in [1.807, 2.05) is 43.3 Å². The van der Waals surface area contributed by atoms with Crippen LogP contribution in [-0.2, 0) is 14.3 Å². The Morgan fingerprint density at radius 3 is 2.53 bits per heavy atom. The first-order valence-electron chi connectivity index (χ1n) is 15.3. The van der Waals surface area contributed by atoms with Gasteiger partial charge in [0.2, 0.25) is 5.91 Å². The molecule has 1 amide bonds.